The van der Waals surface area contributed by atoms with E-state index in [1.165, 1.54) is 25.7 Å². The topological polar surface area (TPSA) is 69.7 Å². The number of nitrogens with zero attached hydrogens (tertiary/aromatic N) is 2. The Morgan fingerprint density at radius 3 is 2.48 bits per heavy atom. The highest BCUT2D eigenvalue weighted by Crippen LogP contribution is 2.28. The van der Waals surface area contributed by atoms with Gasteiger partial charge in [-0.25, -0.2) is 8.42 Å². The maximum atomic E-state index is 12.6. The Labute approximate surface area is 167 Å². The lowest BCUT2D eigenvalue weighted by atomic mass is 10.2. The molecule has 1 fully saturated rings. The van der Waals surface area contributed by atoms with Gasteiger partial charge in [-0.15, -0.1) is 0 Å². The second kappa shape index (κ2) is 9.75. The van der Waals surface area contributed by atoms with E-state index in [9.17, 15) is 13.2 Å². The third-order valence-electron chi connectivity index (χ3n) is 4.92. The van der Waals surface area contributed by atoms with Gasteiger partial charge in [0.2, 0.25) is 15.9 Å². The first kappa shape index (κ1) is 22.0. The summed E-state index contributed by atoms with van der Waals surface area (Å²) in [5, 5.41) is 3.32. The zero-order valence-electron chi connectivity index (χ0n) is 16.4. The van der Waals surface area contributed by atoms with Gasteiger partial charge in [0, 0.05) is 18.1 Å². The van der Waals surface area contributed by atoms with Gasteiger partial charge in [-0.2, -0.15) is 0 Å². The minimum atomic E-state index is -3.65. The molecule has 1 N–H and O–H groups in total. The standard InChI is InChI=1S/C19H30ClN3O3S/c1-15-8-9-17(20)14-18(15)23(27(3,25)26)16(2)19(24)21-10-13-22-11-6-4-5-7-12-22/h8-9,14,16H,4-7,10-13H2,1-3H3,(H,21,24)/t16-/m0/s1. The summed E-state index contributed by atoms with van der Waals surface area (Å²) in [6.45, 7) is 6.81. The van der Waals surface area contributed by atoms with E-state index < -0.39 is 16.1 Å². The monoisotopic (exact) mass is 415 g/mol. The molecule has 6 nitrogen and oxygen atoms in total. The van der Waals surface area contributed by atoms with Crippen LogP contribution in [-0.4, -0.2) is 57.7 Å². The molecule has 1 saturated heterocycles. The highest BCUT2D eigenvalue weighted by Gasteiger charge is 2.30. The van der Waals surface area contributed by atoms with E-state index in [1.54, 1.807) is 32.0 Å². The van der Waals surface area contributed by atoms with Crippen molar-refractivity contribution in [1.29, 1.82) is 0 Å². The predicted octanol–water partition coefficient (Wildman–Crippen LogP) is 2.80. The van der Waals surface area contributed by atoms with Gasteiger partial charge >= 0.3 is 0 Å². The third-order valence-corrected chi connectivity index (χ3v) is 6.39. The molecule has 0 aliphatic carbocycles. The summed E-state index contributed by atoms with van der Waals surface area (Å²) in [6, 6.07) is 4.17. The van der Waals surface area contributed by atoms with Crippen LogP contribution in [0.3, 0.4) is 0 Å². The van der Waals surface area contributed by atoms with Crippen LogP contribution in [-0.2, 0) is 14.8 Å². The number of amides is 1. The quantitative estimate of drug-likeness (QED) is 0.743. The maximum Gasteiger partial charge on any atom is 0.243 e. The SMILES string of the molecule is Cc1ccc(Cl)cc1N([C@@H](C)C(=O)NCCN1CCCCCC1)S(C)(=O)=O. The number of benzene rings is 1. The molecule has 152 valence electrons. The van der Waals surface area contributed by atoms with E-state index >= 15 is 0 Å². The van der Waals surface area contributed by atoms with Crippen LogP contribution < -0.4 is 9.62 Å². The van der Waals surface area contributed by atoms with Gasteiger partial charge in [-0.3, -0.25) is 9.10 Å². The average Bonchev–Trinajstić information content (AvgIpc) is 2.85. The number of carbonyl (C=O) groups excluding carboxylic acids is 1. The number of anilines is 1. The van der Waals surface area contributed by atoms with Gasteiger partial charge in [-0.1, -0.05) is 30.5 Å². The van der Waals surface area contributed by atoms with E-state index in [1.807, 2.05) is 0 Å². The molecule has 0 aromatic heterocycles. The summed E-state index contributed by atoms with van der Waals surface area (Å²) in [5.41, 5.74) is 1.18. The molecule has 27 heavy (non-hydrogen) atoms. The van der Waals surface area contributed by atoms with Gasteiger partial charge in [0.1, 0.15) is 6.04 Å². The molecule has 0 saturated carbocycles. The van der Waals surface area contributed by atoms with Crippen molar-refractivity contribution in [2.24, 2.45) is 0 Å². The van der Waals surface area contributed by atoms with Crippen LogP contribution in [0.5, 0.6) is 0 Å². The summed E-state index contributed by atoms with van der Waals surface area (Å²) in [6.07, 6.45) is 6.03. The van der Waals surface area contributed by atoms with Crippen LogP contribution in [0.2, 0.25) is 5.02 Å². The second-order valence-electron chi connectivity index (χ2n) is 7.21. The van der Waals surface area contributed by atoms with Crippen molar-refractivity contribution < 1.29 is 13.2 Å². The van der Waals surface area contributed by atoms with Crippen LogP contribution in [0, 0.1) is 6.92 Å². The minimum absolute atomic E-state index is 0.311. The average molecular weight is 416 g/mol. The molecular weight excluding hydrogens is 386 g/mol. The first-order chi connectivity index (χ1) is 12.7. The lowest BCUT2D eigenvalue weighted by Crippen LogP contribution is -2.49. The van der Waals surface area contributed by atoms with Crippen LogP contribution in [0.1, 0.15) is 38.2 Å². The summed E-state index contributed by atoms with van der Waals surface area (Å²) in [4.78, 5) is 15.0. The number of likely N-dealkylation sites (tertiary alicyclic amines) is 1. The molecule has 1 aromatic rings. The van der Waals surface area contributed by atoms with Crippen LogP contribution in [0.15, 0.2) is 18.2 Å². The highest BCUT2D eigenvalue weighted by atomic mass is 35.5. The Bertz CT molecular complexity index is 747. The van der Waals surface area contributed by atoms with E-state index in [0.29, 0.717) is 17.3 Å². The number of sulfonamides is 1. The third kappa shape index (κ3) is 6.36. The van der Waals surface area contributed by atoms with Gasteiger partial charge in [0.15, 0.2) is 0 Å². The van der Waals surface area contributed by atoms with E-state index in [0.717, 1.165) is 35.8 Å². The largest absolute Gasteiger partial charge is 0.353 e. The number of carbonyl (C=O) groups is 1. The fraction of sp³-hybridized carbons (Fsp3) is 0.632. The second-order valence-corrected chi connectivity index (χ2v) is 9.51. The molecule has 8 heteroatoms. The smallest absolute Gasteiger partial charge is 0.243 e. The van der Waals surface area contributed by atoms with Crippen molar-refractivity contribution in [2.75, 3.05) is 36.7 Å². The first-order valence-electron chi connectivity index (χ1n) is 9.46. The molecule has 1 atom stereocenters. The summed E-state index contributed by atoms with van der Waals surface area (Å²) >= 11 is 6.05. The molecule has 0 unspecified atom stereocenters. The van der Waals surface area contributed by atoms with E-state index in [-0.39, 0.29) is 5.91 Å². The lowest BCUT2D eigenvalue weighted by molar-refractivity contribution is -0.121. The zero-order valence-corrected chi connectivity index (χ0v) is 17.9. The molecule has 1 heterocycles. The normalized spacial score (nSPS) is 17.2. The van der Waals surface area contributed by atoms with Gasteiger partial charge < -0.3 is 10.2 Å². The number of hydrogen-bond donors (Lipinski definition) is 1. The number of halogens is 1. The van der Waals surface area contributed by atoms with E-state index in [2.05, 4.69) is 10.2 Å². The summed E-state index contributed by atoms with van der Waals surface area (Å²) in [5.74, 6) is -0.311. The number of nitrogens with one attached hydrogen (secondary N) is 1. The Morgan fingerprint density at radius 1 is 1.26 bits per heavy atom. The fourth-order valence-electron chi connectivity index (χ4n) is 3.45. The Morgan fingerprint density at radius 2 is 1.89 bits per heavy atom. The highest BCUT2D eigenvalue weighted by molar-refractivity contribution is 7.92. The molecule has 0 spiro atoms. The molecule has 2 rings (SSSR count). The maximum absolute atomic E-state index is 12.6. The molecule has 1 aliphatic heterocycles. The predicted molar refractivity (Wildman–Crippen MR) is 111 cm³/mol. The summed E-state index contributed by atoms with van der Waals surface area (Å²) in [7, 11) is -3.65. The molecular formula is C19H30ClN3O3S. The van der Waals surface area contributed by atoms with Gasteiger partial charge in [-0.05, 0) is 57.5 Å². The Balaban J connectivity index is 2.05. The Kier molecular flexibility index (Phi) is 7.94. The van der Waals surface area contributed by atoms with Crippen LogP contribution in [0.4, 0.5) is 5.69 Å². The summed E-state index contributed by atoms with van der Waals surface area (Å²) < 4.78 is 25.9. The van der Waals surface area contributed by atoms with Gasteiger partial charge in [0.25, 0.3) is 0 Å². The van der Waals surface area contributed by atoms with Crippen molar-refractivity contribution in [3.8, 4) is 0 Å². The number of rotatable bonds is 7. The molecule has 1 aromatic carbocycles. The fourth-order valence-corrected chi connectivity index (χ4v) is 4.84. The first-order valence-corrected chi connectivity index (χ1v) is 11.7. The van der Waals surface area contributed by atoms with Crippen molar-refractivity contribution >= 4 is 33.2 Å². The van der Waals surface area contributed by atoms with Crippen LogP contribution in [0.25, 0.3) is 0 Å². The van der Waals surface area contributed by atoms with Crippen molar-refractivity contribution in [3.63, 3.8) is 0 Å². The number of aryl methyl sites for hydroxylation is 1. The number of hydrogen-bond acceptors (Lipinski definition) is 4. The van der Waals surface area contributed by atoms with E-state index in [4.69, 9.17) is 11.6 Å². The van der Waals surface area contributed by atoms with Crippen LogP contribution >= 0.6 is 11.6 Å². The lowest BCUT2D eigenvalue weighted by Gasteiger charge is -2.30. The molecule has 1 aliphatic rings. The van der Waals surface area contributed by atoms with Crippen molar-refractivity contribution in [3.05, 3.63) is 28.8 Å². The molecule has 0 bridgehead atoms. The Hall–Kier alpha value is -1.31. The molecule has 0 radical (unpaired) electrons. The molecule has 1 amide bonds. The van der Waals surface area contributed by atoms with Crippen molar-refractivity contribution in [1.82, 2.24) is 10.2 Å². The van der Waals surface area contributed by atoms with Crippen molar-refractivity contribution in [2.45, 2.75) is 45.6 Å². The van der Waals surface area contributed by atoms with Gasteiger partial charge in [0.05, 0.1) is 11.9 Å². The minimum Gasteiger partial charge on any atom is -0.353 e. The zero-order chi connectivity index (χ0) is 20.0.